The van der Waals surface area contributed by atoms with Crippen molar-refractivity contribution < 1.29 is 0 Å². The Hall–Kier alpha value is -4.69. The molecular weight excluding hydrogens is 460 g/mol. The van der Waals surface area contributed by atoms with Gasteiger partial charge in [0.05, 0.1) is 16.7 Å². The lowest BCUT2D eigenvalue weighted by Crippen LogP contribution is -2.14. The fourth-order valence-corrected chi connectivity index (χ4v) is 6.66. The van der Waals surface area contributed by atoms with Gasteiger partial charge in [0.2, 0.25) is 0 Å². The van der Waals surface area contributed by atoms with Gasteiger partial charge >= 0.3 is 0 Å². The lowest BCUT2D eigenvalue weighted by molar-refractivity contribution is 0.661. The van der Waals surface area contributed by atoms with E-state index in [1.165, 1.54) is 66.3 Å². The van der Waals surface area contributed by atoms with Crippen LogP contribution in [0.3, 0.4) is 0 Å². The molecule has 0 bridgehead atoms. The molecule has 0 N–H and O–H groups in total. The van der Waals surface area contributed by atoms with Crippen molar-refractivity contribution in [2.24, 2.45) is 0 Å². The third kappa shape index (κ3) is 2.80. The lowest BCUT2D eigenvalue weighted by atomic mass is 9.82. The minimum atomic E-state index is -0.0288. The zero-order valence-corrected chi connectivity index (χ0v) is 21.4. The van der Waals surface area contributed by atoms with E-state index in [1.54, 1.807) is 0 Å². The molecule has 2 aromatic heterocycles. The zero-order valence-electron chi connectivity index (χ0n) is 21.4. The van der Waals surface area contributed by atoms with Crippen LogP contribution in [0.5, 0.6) is 0 Å². The Morgan fingerprint density at radius 1 is 0.553 bits per heavy atom. The van der Waals surface area contributed by atoms with Crippen molar-refractivity contribution in [3.05, 3.63) is 133 Å². The van der Waals surface area contributed by atoms with Gasteiger partial charge in [0, 0.05) is 39.4 Å². The SMILES string of the molecule is CC1(C)c2ccccc2-c2cc3c(cc21)c1ccccc1n3-c1ccc(-c2ccccc2)c2cnccc12. The quantitative estimate of drug-likeness (QED) is 0.238. The minimum Gasteiger partial charge on any atom is -0.309 e. The predicted octanol–water partition coefficient (Wildman–Crippen LogP) is 9.31. The average molecular weight is 487 g/mol. The molecule has 8 rings (SSSR count). The highest BCUT2D eigenvalue weighted by Gasteiger charge is 2.36. The molecule has 2 heteroatoms. The van der Waals surface area contributed by atoms with Crippen LogP contribution in [-0.2, 0) is 5.41 Å². The van der Waals surface area contributed by atoms with E-state index in [-0.39, 0.29) is 5.41 Å². The largest absolute Gasteiger partial charge is 0.309 e. The van der Waals surface area contributed by atoms with E-state index in [0.29, 0.717) is 0 Å². The summed E-state index contributed by atoms with van der Waals surface area (Å²) < 4.78 is 2.45. The first kappa shape index (κ1) is 21.4. The molecule has 1 aliphatic rings. The average Bonchev–Trinajstić information content (AvgIpc) is 3.40. The molecule has 0 aliphatic heterocycles. The molecule has 1 aliphatic carbocycles. The highest BCUT2D eigenvalue weighted by Crippen LogP contribution is 2.51. The van der Waals surface area contributed by atoms with Gasteiger partial charge < -0.3 is 4.57 Å². The second-order valence-corrected chi connectivity index (χ2v) is 10.9. The van der Waals surface area contributed by atoms with Crippen LogP contribution >= 0.6 is 0 Å². The number of pyridine rings is 1. The number of aromatic nitrogens is 2. The summed E-state index contributed by atoms with van der Waals surface area (Å²) in [5.74, 6) is 0. The van der Waals surface area contributed by atoms with E-state index >= 15 is 0 Å². The number of rotatable bonds is 2. The summed E-state index contributed by atoms with van der Waals surface area (Å²) in [6.07, 6.45) is 3.91. The molecule has 7 aromatic rings. The van der Waals surface area contributed by atoms with E-state index in [9.17, 15) is 0 Å². The Bertz CT molecular complexity index is 2040. The summed E-state index contributed by atoms with van der Waals surface area (Å²) in [6, 6.07) is 39.9. The van der Waals surface area contributed by atoms with E-state index in [0.717, 1.165) is 5.39 Å². The van der Waals surface area contributed by atoms with Gasteiger partial charge in [0.25, 0.3) is 0 Å². The highest BCUT2D eigenvalue weighted by molar-refractivity contribution is 6.13. The summed E-state index contributed by atoms with van der Waals surface area (Å²) in [6.45, 7) is 4.71. The maximum absolute atomic E-state index is 4.53. The fraction of sp³-hybridized carbons (Fsp3) is 0.0833. The fourth-order valence-electron chi connectivity index (χ4n) is 6.66. The molecule has 38 heavy (non-hydrogen) atoms. The molecule has 180 valence electrons. The van der Waals surface area contributed by atoms with Gasteiger partial charge in [-0.05, 0) is 63.7 Å². The molecule has 2 nitrogen and oxygen atoms in total. The first-order valence-corrected chi connectivity index (χ1v) is 13.2. The predicted molar refractivity (Wildman–Crippen MR) is 159 cm³/mol. The normalized spacial score (nSPS) is 13.7. The molecule has 0 radical (unpaired) electrons. The van der Waals surface area contributed by atoms with Gasteiger partial charge in [-0.1, -0.05) is 92.7 Å². The van der Waals surface area contributed by atoms with Crippen LogP contribution in [0.4, 0.5) is 0 Å². The standard InChI is InChI=1S/C36H26N2/c1-36(2)31-14-8-6-12-25(31)28-21-35-29(20-32(28)36)26-13-7-9-15-33(26)38(35)34-17-16-24(23-10-4-3-5-11-23)30-22-37-19-18-27(30)34/h3-22H,1-2H3. The van der Waals surface area contributed by atoms with Crippen molar-refractivity contribution in [1.82, 2.24) is 9.55 Å². The molecule has 0 spiro atoms. The van der Waals surface area contributed by atoms with Crippen molar-refractivity contribution in [1.29, 1.82) is 0 Å². The topological polar surface area (TPSA) is 17.8 Å². The van der Waals surface area contributed by atoms with Crippen LogP contribution in [-0.4, -0.2) is 9.55 Å². The molecule has 5 aromatic carbocycles. The molecule has 0 amide bonds. The summed E-state index contributed by atoms with van der Waals surface area (Å²) in [5, 5.41) is 4.95. The van der Waals surface area contributed by atoms with Gasteiger partial charge in [-0.15, -0.1) is 0 Å². The summed E-state index contributed by atoms with van der Waals surface area (Å²) in [5.41, 5.74) is 11.5. The molecule has 0 saturated heterocycles. The van der Waals surface area contributed by atoms with Crippen LogP contribution < -0.4 is 0 Å². The van der Waals surface area contributed by atoms with Crippen molar-refractivity contribution in [3.8, 4) is 27.9 Å². The molecular formula is C36H26N2. The van der Waals surface area contributed by atoms with Crippen molar-refractivity contribution in [3.63, 3.8) is 0 Å². The number of hydrogen-bond acceptors (Lipinski definition) is 1. The van der Waals surface area contributed by atoms with Gasteiger partial charge in [-0.3, -0.25) is 4.98 Å². The van der Waals surface area contributed by atoms with Gasteiger partial charge in [0.15, 0.2) is 0 Å². The number of benzene rings is 5. The van der Waals surface area contributed by atoms with Crippen molar-refractivity contribution >= 4 is 32.6 Å². The van der Waals surface area contributed by atoms with E-state index in [1.807, 2.05) is 12.4 Å². The van der Waals surface area contributed by atoms with Crippen LogP contribution in [0.25, 0.3) is 60.5 Å². The molecule has 0 unspecified atom stereocenters. The third-order valence-electron chi connectivity index (χ3n) is 8.50. The van der Waals surface area contributed by atoms with Crippen LogP contribution in [0, 0.1) is 0 Å². The van der Waals surface area contributed by atoms with Crippen molar-refractivity contribution in [2.45, 2.75) is 19.3 Å². The van der Waals surface area contributed by atoms with Gasteiger partial charge in [-0.25, -0.2) is 0 Å². The maximum Gasteiger partial charge on any atom is 0.0547 e. The Morgan fingerprint density at radius 3 is 2.24 bits per heavy atom. The third-order valence-corrected chi connectivity index (χ3v) is 8.50. The van der Waals surface area contributed by atoms with E-state index < -0.39 is 0 Å². The molecule has 0 atom stereocenters. The summed E-state index contributed by atoms with van der Waals surface area (Å²) in [7, 11) is 0. The molecule has 0 fully saturated rings. The van der Waals surface area contributed by atoms with E-state index in [2.05, 4.69) is 133 Å². The second kappa shape index (κ2) is 7.66. The second-order valence-electron chi connectivity index (χ2n) is 10.9. The van der Waals surface area contributed by atoms with Crippen molar-refractivity contribution in [2.75, 3.05) is 0 Å². The number of fused-ring (bicyclic) bond motifs is 7. The minimum absolute atomic E-state index is 0.0288. The number of para-hydroxylation sites is 1. The smallest absolute Gasteiger partial charge is 0.0547 e. The Kier molecular flexibility index (Phi) is 4.31. The zero-order chi connectivity index (χ0) is 25.4. The first-order chi connectivity index (χ1) is 18.6. The summed E-state index contributed by atoms with van der Waals surface area (Å²) in [4.78, 5) is 4.53. The Labute approximate surface area is 221 Å². The number of hydrogen-bond donors (Lipinski definition) is 0. The Balaban J connectivity index is 1.49. The van der Waals surface area contributed by atoms with Gasteiger partial charge in [0.1, 0.15) is 0 Å². The highest BCUT2D eigenvalue weighted by atomic mass is 15.0. The van der Waals surface area contributed by atoms with Crippen LogP contribution in [0.2, 0.25) is 0 Å². The monoisotopic (exact) mass is 486 g/mol. The number of nitrogens with zero attached hydrogens (tertiary/aromatic N) is 2. The maximum atomic E-state index is 4.53. The molecule has 0 saturated carbocycles. The first-order valence-electron chi connectivity index (χ1n) is 13.2. The van der Waals surface area contributed by atoms with Crippen LogP contribution in [0.1, 0.15) is 25.0 Å². The van der Waals surface area contributed by atoms with Crippen LogP contribution in [0.15, 0.2) is 122 Å². The summed E-state index contributed by atoms with van der Waals surface area (Å²) >= 11 is 0. The Morgan fingerprint density at radius 2 is 1.34 bits per heavy atom. The van der Waals surface area contributed by atoms with Gasteiger partial charge in [-0.2, -0.15) is 0 Å². The molecule has 2 heterocycles. The lowest BCUT2D eigenvalue weighted by Gasteiger charge is -2.21. The van der Waals surface area contributed by atoms with E-state index in [4.69, 9.17) is 0 Å².